The molecular weight excluding hydrogens is 1710 g/mol. The first-order valence-electron chi connectivity index (χ1n) is 49.3. The predicted molar refractivity (Wildman–Crippen MR) is 518 cm³/mol. The van der Waals surface area contributed by atoms with E-state index in [4.69, 9.17) is 48.1 Å². The first-order chi connectivity index (χ1) is 60.1. The summed E-state index contributed by atoms with van der Waals surface area (Å²) in [4.78, 5) is 41.0. The molecule has 0 amide bonds. The van der Waals surface area contributed by atoms with Crippen LogP contribution < -0.4 is 16.4 Å². The summed E-state index contributed by atoms with van der Waals surface area (Å²) in [6.07, 6.45) is 38.9. The second kappa shape index (κ2) is 41.3. The molecule has 128 heavy (non-hydrogen) atoms. The van der Waals surface area contributed by atoms with Gasteiger partial charge in [0.2, 0.25) is 0 Å². The summed E-state index contributed by atoms with van der Waals surface area (Å²) in [6, 6.07) is 10.6. The van der Waals surface area contributed by atoms with Gasteiger partial charge in [0.05, 0.1) is 47.1 Å². The highest BCUT2D eigenvalue weighted by Crippen LogP contribution is 2.79. The van der Waals surface area contributed by atoms with Crippen LogP contribution in [0.2, 0.25) is 0 Å². The number of nitrogens with one attached hydrogen (secondary N) is 2. The summed E-state index contributed by atoms with van der Waals surface area (Å²) < 4.78 is 104. The molecule has 0 aromatic heterocycles. The van der Waals surface area contributed by atoms with Gasteiger partial charge >= 0.3 is 6.15 Å². The third kappa shape index (κ3) is 21.2. The smallest absolute Gasteiger partial charge is 0.373 e. The van der Waals surface area contributed by atoms with Crippen molar-refractivity contribution in [3.05, 3.63) is 107 Å². The van der Waals surface area contributed by atoms with Gasteiger partial charge in [0, 0.05) is 81.2 Å². The summed E-state index contributed by atoms with van der Waals surface area (Å²) in [5.74, 6) is 9.69. The average Bonchev–Trinajstić information content (AvgIpc) is 1.09. The van der Waals surface area contributed by atoms with Crippen LogP contribution in [0.5, 0.6) is 0 Å². The van der Waals surface area contributed by atoms with Gasteiger partial charge in [0.1, 0.15) is 18.6 Å². The quantitative estimate of drug-likeness (QED) is 0.0747. The standard InChI is InChI=1S/C45H71FN2O4S.C43H62FN.C8H16ClNO2S.C6H13NO2S.C2H3ClO.CO2/c1-31(2)34-13-20-45(47-23-24-48-25-26-53(50,51)28-32(3)27-48)22-21-42(7)36(39(34)45)9-10-38-41(6)16-14-35(40(4,5)37(41)15-17-43(38,42)8)33-11-18-44(29-46,19-12-33)52-30-49;1-29(2)32-17-24-43(45)26-25-40(6)34(37(32)43)13-14-36-39(5)20-18-33(38(3,4)35(39)19-21-41(36,40)7)31-15-22-42(28-44,23-16-31)27-30-11-9-8-10-12-30;1-8-6-10(3-2-9)4-5-13(11,12)7-8;1-6-4-7-2-3-10(8,9)5-6;3-1-2-4;2-1-3/h11,14,30,32,34,36-39,47H,1,9-10,12-13,15-29H2,2-8H3;8-12,15,18,32,34-37H,1,13-14,16-17,19-28,45H2,2-7H3;8H,2-7H2,1H3;6-7H,2-5H2,1H3;2H,1H2;/t32?,34-,36+,37-,38+,39+,41-,42+,43+,44+,45-;32-,34+,35-,36+,37+,39-,40+,41+,42-,43-;;;;/m00..../s1. The molecule has 23 atom stereocenters. The van der Waals surface area contributed by atoms with Crippen molar-refractivity contribution in [3.63, 3.8) is 0 Å². The van der Waals surface area contributed by atoms with Crippen LogP contribution in [0.1, 0.15) is 264 Å². The van der Waals surface area contributed by atoms with Crippen molar-refractivity contribution in [2.45, 2.75) is 281 Å². The minimum atomic E-state index is -2.95. The van der Waals surface area contributed by atoms with E-state index in [1.807, 2.05) is 13.8 Å². The molecule has 1 aromatic rings. The monoisotopic (exact) mass is 1880 g/mol. The molecule has 12 aliphatic carbocycles. The Balaban J connectivity index is 0.000000188. The Morgan fingerprint density at radius 3 is 1.53 bits per heavy atom. The maximum Gasteiger partial charge on any atom is 0.373 e. The minimum absolute atomic E-state index is 0.0244. The van der Waals surface area contributed by atoms with Crippen LogP contribution in [-0.2, 0) is 59.8 Å². The zero-order valence-electron chi connectivity index (χ0n) is 81.1. The molecule has 3 aliphatic heterocycles. The summed E-state index contributed by atoms with van der Waals surface area (Å²) in [5, 5.41) is 7.32. The van der Waals surface area contributed by atoms with Gasteiger partial charge in [-0.05, 0) is 323 Å². The maximum absolute atomic E-state index is 14.7. The number of allylic oxidation sites excluding steroid dienone is 9. The number of nitrogens with two attached hydrogens (primary N) is 1. The molecule has 4 N–H and O–H groups in total. The molecule has 1 aromatic carbocycles. The lowest BCUT2D eigenvalue weighted by molar-refractivity contribution is -0.221. The Bertz CT molecular complexity index is 4600. The molecule has 0 bridgehead atoms. The Morgan fingerprint density at radius 1 is 0.570 bits per heavy atom. The molecule has 3 saturated heterocycles. The highest BCUT2D eigenvalue weighted by Gasteiger charge is 2.73. The van der Waals surface area contributed by atoms with Crippen molar-refractivity contribution in [3.8, 4) is 0 Å². The van der Waals surface area contributed by atoms with Crippen LogP contribution >= 0.6 is 23.2 Å². The van der Waals surface area contributed by atoms with Crippen LogP contribution in [0.3, 0.4) is 0 Å². The third-order valence-electron chi connectivity index (χ3n) is 38.2. The fraction of sp³-hybridized carbons (Fsp3) is 0.800. The van der Waals surface area contributed by atoms with Gasteiger partial charge in [0.15, 0.2) is 29.5 Å². The minimum Gasteiger partial charge on any atom is -0.458 e. The van der Waals surface area contributed by atoms with E-state index in [0.29, 0.717) is 138 Å². The molecule has 15 aliphatic rings. The van der Waals surface area contributed by atoms with Gasteiger partial charge in [-0.15, -0.1) is 23.2 Å². The van der Waals surface area contributed by atoms with Crippen LogP contribution in [0, 0.1) is 126 Å². The van der Waals surface area contributed by atoms with E-state index < -0.39 is 41.8 Å². The topological polar surface area (TPSA) is 236 Å². The molecule has 16 rings (SSSR count). The van der Waals surface area contributed by atoms with Crippen LogP contribution in [-0.4, -0.2) is 189 Å². The van der Waals surface area contributed by atoms with Crippen molar-refractivity contribution < 1.29 is 57.9 Å². The first-order valence-corrected chi connectivity index (χ1v) is 55.9. The number of carbonyl (C=O) groups excluding carboxylic acids is 4. The molecule has 16 nitrogen and oxygen atoms in total. The van der Waals surface area contributed by atoms with E-state index >= 15 is 0 Å². The first kappa shape index (κ1) is 105. The van der Waals surface area contributed by atoms with Crippen molar-refractivity contribution >= 4 is 71.6 Å². The highest BCUT2D eigenvalue weighted by molar-refractivity contribution is 7.91. The third-order valence-corrected chi connectivity index (χ3v) is 44.2. The number of halogens is 4. The number of hydrogen-bond donors (Lipinski definition) is 3. The van der Waals surface area contributed by atoms with Crippen molar-refractivity contribution in [2.24, 2.45) is 131 Å². The molecular formula is C105H165Cl2F2N5O11S3. The largest absolute Gasteiger partial charge is 0.458 e. The number of fused-ring (bicyclic) bond motifs is 14. The van der Waals surface area contributed by atoms with E-state index in [0.717, 1.165) is 89.6 Å². The van der Waals surface area contributed by atoms with E-state index in [-0.39, 0.29) is 91.5 Å². The van der Waals surface area contributed by atoms with Gasteiger partial charge in [-0.25, -0.2) is 29.6 Å². The van der Waals surface area contributed by atoms with Crippen molar-refractivity contribution in [2.75, 3.05) is 119 Å². The number of ether oxygens (including phenoxy) is 1. The number of hydrogen-bond acceptors (Lipinski definition) is 16. The van der Waals surface area contributed by atoms with Gasteiger partial charge < -0.3 is 35.7 Å². The summed E-state index contributed by atoms with van der Waals surface area (Å²) in [5.41, 5.74) is 18.1. The Labute approximate surface area is 782 Å². The van der Waals surface area contributed by atoms with E-state index in [9.17, 15) is 38.8 Å². The maximum atomic E-state index is 14.7. The molecule has 23 heteroatoms. The van der Waals surface area contributed by atoms with E-state index in [1.165, 1.54) is 143 Å². The SMILES string of the molecule is C=C(C)[C@@H]1CC[C@]2(N)CC[C@]3(C)[C@H](CC[C@@H]4[C@@]5(C)CC=C(C6=CC[C@@](CF)(Cc7ccccc7)CC6)C(C)(C)[C@@H]5CC[C@]43C)[C@@H]12.C=C(C)[C@@H]1CC[C@]2(NCCN3CCS(=O)(=O)CC(C)C3)CC[C@]3(C)[C@H](CC[C@@H]4[C@@]5(C)CC=C(C6=CC[C@@](CF)(OC=O)CC6)C(C)(C)[C@@H]5CC[C@]43C)[C@@H]12.CC1CN(CCCl)CCS(=O)(=O)C1.CC1CNCCS(=O)(=O)C1.O=C=O.O=CCCl. The average molecular weight is 1880 g/mol. The molecule has 0 radical (unpaired) electrons. The van der Waals surface area contributed by atoms with E-state index in [2.05, 4.69) is 178 Å². The van der Waals surface area contributed by atoms with Crippen molar-refractivity contribution in [1.82, 2.24) is 20.4 Å². The normalized spacial score (nSPS) is 41.6. The molecule has 722 valence electrons. The number of alkyl halides is 4. The van der Waals surface area contributed by atoms with Crippen LogP contribution in [0.15, 0.2) is 101 Å². The second-order valence-corrected chi connectivity index (χ2v) is 53.9. The zero-order valence-corrected chi connectivity index (χ0v) is 85.0. The van der Waals surface area contributed by atoms with Gasteiger partial charge in [0.25, 0.3) is 6.47 Å². The number of aldehydes is 1. The fourth-order valence-electron chi connectivity index (χ4n) is 31.9. The molecule has 8 saturated carbocycles. The summed E-state index contributed by atoms with van der Waals surface area (Å²) >= 11 is 10.4. The second-order valence-electron chi connectivity index (χ2n) is 46.5. The predicted octanol–water partition coefficient (Wildman–Crippen LogP) is 20.2. The van der Waals surface area contributed by atoms with Crippen LogP contribution in [0.25, 0.3) is 0 Å². The molecule has 11 fully saturated rings. The van der Waals surface area contributed by atoms with Gasteiger partial charge in [-0.2, -0.15) is 9.59 Å². The lowest BCUT2D eigenvalue weighted by Crippen LogP contribution is -2.68. The summed E-state index contributed by atoms with van der Waals surface area (Å²) in [7, 11) is -8.49. The molecule has 3 heterocycles. The zero-order chi connectivity index (χ0) is 93.9. The number of sulfone groups is 3. The number of nitrogens with zero attached hydrogens (tertiary/aromatic N) is 2. The van der Waals surface area contributed by atoms with Gasteiger partial charge in [-0.3, -0.25) is 9.18 Å². The number of benzene rings is 1. The Hall–Kier alpha value is -3.73. The van der Waals surface area contributed by atoms with E-state index in [1.54, 1.807) is 5.57 Å². The Morgan fingerprint density at radius 2 is 1.05 bits per heavy atom. The molecule has 0 spiro atoms. The highest BCUT2D eigenvalue weighted by atomic mass is 35.5. The lowest BCUT2D eigenvalue weighted by atomic mass is 9.33. The number of carbonyl (C=O) groups is 2. The van der Waals surface area contributed by atoms with Crippen LogP contribution in [0.4, 0.5) is 8.78 Å². The molecule has 3 unspecified atom stereocenters. The fourth-order valence-corrected chi connectivity index (χ4v) is 37.1. The van der Waals surface area contributed by atoms with Gasteiger partial charge in [-0.1, -0.05) is 169 Å². The van der Waals surface area contributed by atoms with Crippen molar-refractivity contribution in [1.29, 1.82) is 0 Å². The Kier molecular flexibility index (Phi) is 33.8. The lowest BCUT2D eigenvalue weighted by Gasteiger charge is -2.72. The summed E-state index contributed by atoms with van der Waals surface area (Å²) in [6.45, 7) is 52.7. The number of rotatable bonds is 17.